The van der Waals surface area contributed by atoms with Gasteiger partial charge in [0.1, 0.15) is 5.82 Å². The molecule has 0 unspecified atom stereocenters. The lowest BCUT2D eigenvalue weighted by molar-refractivity contribution is 0.0992. The summed E-state index contributed by atoms with van der Waals surface area (Å²) in [6, 6.07) is 12.0. The van der Waals surface area contributed by atoms with Crippen molar-refractivity contribution < 1.29 is 4.79 Å². The van der Waals surface area contributed by atoms with Crippen LogP contribution < -0.4 is 9.80 Å². The van der Waals surface area contributed by atoms with Crippen LogP contribution in [0.1, 0.15) is 23.0 Å². The van der Waals surface area contributed by atoms with Crippen LogP contribution in [-0.2, 0) is 6.42 Å². The zero-order valence-corrected chi connectivity index (χ0v) is 19.3. The number of carbonyl (C=O) groups is 1. The van der Waals surface area contributed by atoms with Crippen LogP contribution in [0.4, 0.5) is 10.9 Å². The molecule has 1 aromatic carbocycles. The number of hydrogen-bond acceptors (Lipinski definition) is 7. The van der Waals surface area contributed by atoms with Crippen molar-refractivity contribution >= 4 is 38.8 Å². The molecule has 0 N–H and O–H groups in total. The molecular formula is C25H25N5OS. The second-order valence-electron chi connectivity index (χ2n) is 8.65. The van der Waals surface area contributed by atoms with Gasteiger partial charge >= 0.3 is 0 Å². The van der Waals surface area contributed by atoms with E-state index < -0.39 is 0 Å². The summed E-state index contributed by atoms with van der Waals surface area (Å²) in [5.41, 5.74) is 2.58. The van der Waals surface area contributed by atoms with Gasteiger partial charge in [-0.05, 0) is 41.1 Å². The first-order valence-electron chi connectivity index (χ1n) is 10.7. The van der Waals surface area contributed by atoms with Gasteiger partial charge in [-0.25, -0.2) is 9.97 Å². The lowest BCUT2D eigenvalue weighted by Crippen LogP contribution is -2.45. The van der Waals surface area contributed by atoms with Gasteiger partial charge in [0, 0.05) is 62.4 Å². The van der Waals surface area contributed by atoms with E-state index in [1.165, 1.54) is 0 Å². The molecule has 32 heavy (non-hydrogen) atoms. The highest BCUT2D eigenvalue weighted by Gasteiger charge is 2.24. The molecule has 0 spiro atoms. The van der Waals surface area contributed by atoms with Crippen LogP contribution in [0.2, 0.25) is 0 Å². The molecule has 0 bridgehead atoms. The van der Waals surface area contributed by atoms with E-state index in [-0.39, 0.29) is 12.2 Å². The molecule has 0 aliphatic carbocycles. The van der Waals surface area contributed by atoms with Crippen molar-refractivity contribution in [2.45, 2.75) is 13.3 Å². The van der Waals surface area contributed by atoms with Gasteiger partial charge in [-0.15, -0.1) is 0 Å². The van der Waals surface area contributed by atoms with Crippen molar-refractivity contribution in [1.82, 2.24) is 15.0 Å². The minimum atomic E-state index is 0.0586. The highest BCUT2D eigenvalue weighted by molar-refractivity contribution is 7.18. The van der Waals surface area contributed by atoms with E-state index in [1.54, 1.807) is 23.6 Å². The largest absolute Gasteiger partial charge is 0.356 e. The number of rotatable bonds is 6. The summed E-state index contributed by atoms with van der Waals surface area (Å²) in [6.45, 7) is 4.21. The lowest BCUT2D eigenvalue weighted by Gasteiger charge is -2.38. The van der Waals surface area contributed by atoms with E-state index in [0.29, 0.717) is 11.5 Å². The Morgan fingerprint density at radius 1 is 1.06 bits per heavy atom. The van der Waals surface area contributed by atoms with Crippen molar-refractivity contribution in [3.63, 3.8) is 0 Å². The minimum Gasteiger partial charge on any atom is -0.356 e. The first-order valence-corrected chi connectivity index (χ1v) is 11.5. The topological polar surface area (TPSA) is 62.2 Å². The Hall–Kier alpha value is -3.32. The first kappa shape index (κ1) is 20.6. The number of benzene rings is 1. The van der Waals surface area contributed by atoms with Crippen molar-refractivity contribution in [2.75, 3.05) is 37.0 Å². The molecule has 1 aliphatic rings. The molecule has 6 nitrogen and oxygen atoms in total. The number of aromatic nitrogens is 3. The molecule has 0 amide bonds. The molecule has 0 atom stereocenters. The van der Waals surface area contributed by atoms with E-state index >= 15 is 0 Å². The van der Waals surface area contributed by atoms with E-state index in [0.717, 1.165) is 50.9 Å². The number of ketones is 1. The molecule has 4 aromatic rings. The maximum atomic E-state index is 13.0. The van der Waals surface area contributed by atoms with Crippen LogP contribution in [0.25, 0.3) is 21.2 Å². The third kappa shape index (κ3) is 4.08. The fraction of sp³-hybridized carbons (Fsp3) is 0.280. The molecule has 1 fully saturated rings. The van der Waals surface area contributed by atoms with Crippen LogP contribution in [0.5, 0.6) is 0 Å². The van der Waals surface area contributed by atoms with Crippen LogP contribution in [0, 0.1) is 5.92 Å². The maximum absolute atomic E-state index is 13.0. The van der Waals surface area contributed by atoms with E-state index in [2.05, 4.69) is 45.0 Å². The third-order valence-corrected chi connectivity index (χ3v) is 6.95. The molecule has 4 heterocycles. The molecule has 0 saturated carbocycles. The average molecular weight is 444 g/mol. The number of fused-ring (bicyclic) bond motifs is 1. The van der Waals surface area contributed by atoms with Gasteiger partial charge in [-0.3, -0.25) is 9.78 Å². The first-order chi connectivity index (χ1) is 15.5. The number of Topliss-reactive ketones (excluding diaryl/α,β-unsaturated/α-hetero) is 1. The van der Waals surface area contributed by atoms with Gasteiger partial charge < -0.3 is 9.80 Å². The summed E-state index contributed by atoms with van der Waals surface area (Å²) in [4.78, 5) is 31.7. The Labute approximate surface area is 191 Å². The molecule has 1 saturated heterocycles. The van der Waals surface area contributed by atoms with Gasteiger partial charge in [0.2, 0.25) is 0 Å². The number of carbonyl (C=O) groups excluding carboxylic acids is 1. The fourth-order valence-electron chi connectivity index (χ4n) is 3.96. The summed E-state index contributed by atoms with van der Waals surface area (Å²) in [5.74, 6) is 1.62. The van der Waals surface area contributed by atoms with Crippen LogP contribution in [0.15, 0.2) is 55.0 Å². The molecule has 162 valence electrons. The Morgan fingerprint density at radius 2 is 1.91 bits per heavy atom. The van der Waals surface area contributed by atoms with Crippen molar-refractivity contribution in [3.8, 4) is 10.4 Å². The smallest absolute Gasteiger partial charge is 0.185 e. The standard InChI is InChI=1S/C25H25N5OS/c1-16-14-30(15-16)24-10-17(6-7-26-24)22(31)11-21-9-20-8-18(4-5-19(20)12-27-21)23-13-28-25(32-23)29(2)3/h4-10,12-13,16H,11,14-15H2,1-3H3. The van der Waals surface area contributed by atoms with Crippen LogP contribution in [-0.4, -0.2) is 47.9 Å². The normalized spacial score (nSPS) is 13.9. The van der Waals surface area contributed by atoms with Gasteiger partial charge in [-0.1, -0.05) is 30.4 Å². The minimum absolute atomic E-state index is 0.0586. The molecular weight excluding hydrogens is 418 g/mol. The number of anilines is 2. The highest BCUT2D eigenvalue weighted by Crippen LogP contribution is 2.32. The SMILES string of the molecule is CC1CN(c2cc(C(=O)Cc3cc4cc(-c5cnc(N(C)C)s5)ccc4cn3)ccn2)C1. The third-order valence-electron chi connectivity index (χ3n) is 5.74. The Balaban J connectivity index is 1.37. The van der Waals surface area contributed by atoms with Gasteiger partial charge in [0.15, 0.2) is 10.9 Å². The zero-order chi connectivity index (χ0) is 22.2. The second-order valence-corrected chi connectivity index (χ2v) is 9.66. The summed E-state index contributed by atoms with van der Waals surface area (Å²) in [7, 11) is 3.99. The zero-order valence-electron chi connectivity index (χ0n) is 18.4. The Kier molecular flexibility index (Phi) is 5.35. The average Bonchev–Trinajstić information content (AvgIpc) is 3.27. The van der Waals surface area contributed by atoms with Gasteiger partial charge in [0.05, 0.1) is 11.3 Å². The van der Waals surface area contributed by atoms with E-state index in [4.69, 9.17) is 0 Å². The molecule has 3 aromatic heterocycles. The highest BCUT2D eigenvalue weighted by atomic mass is 32.1. The fourth-order valence-corrected chi connectivity index (χ4v) is 4.79. The molecule has 5 rings (SSSR count). The van der Waals surface area contributed by atoms with Crippen LogP contribution >= 0.6 is 11.3 Å². The van der Waals surface area contributed by atoms with E-state index in [1.807, 2.05) is 43.5 Å². The predicted octanol–water partition coefficient (Wildman–Crippen LogP) is 4.70. The lowest BCUT2D eigenvalue weighted by atomic mass is 10.0. The number of hydrogen-bond donors (Lipinski definition) is 0. The van der Waals surface area contributed by atoms with Crippen molar-refractivity contribution in [1.29, 1.82) is 0 Å². The second kappa shape index (κ2) is 8.31. The summed E-state index contributed by atoms with van der Waals surface area (Å²) in [5, 5.41) is 3.11. The maximum Gasteiger partial charge on any atom is 0.185 e. The Morgan fingerprint density at radius 3 is 2.66 bits per heavy atom. The summed E-state index contributed by atoms with van der Waals surface area (Å²) < 4.78 is 0. The number of pyridine rings is 2. The summed E-state index contributed by atoms with van der Waals surface area (Å²) in [6.07, 6.45) is 5.75. The van der Waals surface area contributed by atoms with Crippen molar-refractivity contribution in [3.05, 3.63) is 66.2 Å². The number of nitrogens with zero attached hydrogens (tertiary/aromatic N) is 5. The monoisotopic (exact) mass is 443 g/mol. The van der Waals surface area contributed by atoms with Gasteiger partial charge in [-0.2, -0.15) is 0 Å². The Bertz CT molecular complexity index is 1290. The molecule has 1 aliphatic heterocycles. The van der Waals surface area contributed by atoms with Crippen LogP contribution in [0.3, 0.4) is 0 Å². The van der Waals surface area contributed by atoms with Crippen molar-refractivity contribution in [2.24, 2.45) is 5.92 Å². The summed E-state index contributed by atoms with van der Waals surface area (Å²) >= 11 is 1.66. The number of thiazole rings is 1. The molecule has 7 heteroatoms. The van der Waals surface area contributed by atoms with Gasteiger partial charge in [0.25, 0.3) is 0 Å². The molecule has 0 radical (unpaired) electrons. The van der Waals surface area contributed by atoms with E-state index in [9.17, 15) is 4.79 Å². The quantitative estimate of drug-likeness (QED) is 0.403. The predicted molar refractivity (Wildman–Crippen MR) is 131 cm³/mol.